The highest BCUT2D eigenvalue weighted by atomic mass is 16.6. The van der Waals surface area contributed by atoms with Gasteiger partial charge in [-0.15, -0.1) is 0 Å². The summed E-state index contributed by atoms with van der Waals surface area (Å²) < 4.78 is 16.7. The van der Waals surface area contributed by atoms with Gasteiger partial charge in [-0.3, -0.25) is 14.4 Å². The number of ether oxygens (including phenoxy) is 3. The fourth-order valence-corrected chi connectivity index (χ4v) is 6.26. The number of carbonyl (C=O) groups is 3. The summed E-state index contributed by atoms with van der Waals surface area (Å²) in [6.07, 6.45) is 78.9. The van der Waals surface area contributed by atoms with E-state index in [4.69, 9.17) is 14.2 Å². The molecule has 0 aromatic carbocycles. The van der Waals surface area contributed by atoms with E-state index in [2.05, 4.69) is 93.7 Å². The Labute approximate surface area is 409 Å². The van der Waals surface area contributed by atoms with Crippen molar-refractivity contribution >= 4 is 17.9 Å². The van der Waals surface area contributed by atoms with E-state index in [1.165, 1.54) is 19.3 Å². The van der Waals surface area contributed by atoms with E-state index in [-0.39, 0.29) is 44.0 Å². The van der Waals surface area contributed by atoms with Crippen LogP contribution in [0.4, 0.5) is 0 Å². The Morgan fingerprint density at radius 3 is 0.851 bits per heavy atom. The average Bonchev–Trinajstić information content (AvgIpc) is 3.33. The van der Waals surface area contributed by atoms with Gasteiger partial charge in [-0.05, 0) is 77.0 Å². The van der Waals surface area contributed by atoms with E-state index >= 15 is 0 Å². The molecule has 0 amide bonds. The highest BCUT2D eigenvalue weighted by Crippen LogP contribution is 2.13. The molecule has 0 aliphatic carbocycles. The molecule has 0 saturated heterocycles. The molecule has 370 valence electrons. The second-order valence-corrected chi connectivity index (χ2v) is 16.3. The molecule has 0 aromatic rings. The summed E-state index contributed by atoms with van der Waals surface area (Å²) in [5.41, 5.74) is 0. The van der Waals surface area contributed by atoms with E-state index in [1.807, 2.05) is 97.2 Å². The van der Waals surface area contributed by atoms with Crippen LogP contribution in [-0.2, 0) is 28.6 Å². The van der Waals surface area contributed by atoms with E-state index in [0.29, 0.717) is 12.8 Å². The summed E-state index contributed by atoms with van der Waals surface area (Å²) in [4.78, 5) is 38.0. The summed E-state index contributed by atoms with van der Waals surface area (Å²) in [6.45, 7) is 6.12. The highest BCUT2D eigenvalue weighted by molar-refractivity contribution is 5.71. The summed E-state index contributed by atoms with van der Waals surface area (Å²) in [6, 6.07) is 0. The molecule has 0 fully saturated rings. The van der Waals surface area contributed by atoms with E-state index in [9.17, 15) is 14.4 Å². The molecule has 6 nitrogen and oxygen atoms in total. The molecule has 0 bridgehead atoms. The first kappa shape index (κ1) is 61.8. The SMILES string of the molecule is CC\C=C/C=C\C=C/C=C\C=C\C=C/C=C\CCCCCC(=O)OCC(COC(=O)CCCCCCCCC\C=C/C=C\C=C/CC)OC(=O)CCCCCCC\C=C/C=C\C=C/C=C\CC. The summed E-state index contributed by atoms with van der Waals surface area (Å²) in [7, 11) is 0. The van der Waals surface area contributed by atoms with Gasteiger partial charge in [0, 0.05) is 19.3 Å². The van der Waals surface area contributed by atoms with Crippen LogP contribution in [0, 0.1) is 0 Å². The fraction of sp³-hybridized carbons (Fsp3) is 0.492. The number of hydrogen-bond donors (Lipinski definition) is 0. The maximum atomic E-state index is 12.8. The van der Waals surface area contributed by atoms with Crippen LogP contribution in [0.5, 0.6) is 0 Å². The number of hydrogen-bond acceptors (Lipinski definition) is 6. The van der Waals surface area contributed by atoms with Crippen molar-refractivity contribution in [1.29, 1.82) is 0 Å². The number of carbonyl (C=O) groups excluding carboxylic acids is 3. The van der Waals surface area contributed by atoms with Gasteiger partial charge in [-0.25, -0.2) is 0 Å². The van der Waals surface area contributed by atoms with Crippen molar-refractivity contribution in [2.24, 2.45) is 0 Å². The molecular formula is C61H90O6. The molecule has 0 aromatic heterocycles. The molecular weight excluding hydrogens is 829 g/mol. The lowest BCUT2D eigenvalue weighted by Crippen LogP contribution is -2.30. The van der Waals surface area contributed by atoms with Crippen LogP contribution in [0.3, 0.4) is 0 Å². The molecule has 0 aliphatic heterocycles. The smallest absolute Gasteiger partial charge is 0.306 e. The molecule has 0 heterocycles. The number of esters is 3. The molecule has 6 heteroatoms. The van der Waals surface area contributed by atoms with E-state index in [0.717, 1.165) is 109 Å². The predicted octanol–water partition coefficient (Wildman–Crippen LogP) is 17.2. The van der Waals surface area contributed by atoms with Gasteiger partial charge in [0.25, 0.3) is 0 Å². The molecule has 0 N–H and O–H groups in total. The number of unbranched alkanes of at least 4 members (excludes halogenated alkanes) is 15. The first-order valence-corrected chi connectivity index (χ1v) is 25.8. The number of rotatable bonds is 43. The van der Waals surface area contributed by atoms with Gasteiger partial charge in [0.2, 0.25) is 0 Å². The maximum Gasteiger partial charge on any atom is 0.306 e. The summed E-state index contributed by atoms with van der Waals surface area (Å²) in [5.74, 6) is -1.02. The quantitative estimate of drug-likeness (QED) is 0.0262. The lowest BCUT2D eigenvalue weighted by Gasteiger charge is -2.18. The van der Waals surface area contributed by atoms with Gasteiger partial charge in [0.15, 0.2) is 6.10 Å². The highest BCUT2D eigenvalue weighted by Gasteiger charge is 2.19. The Balaban J connectivity index is 4.60. The van der Waals surface area contributed by atoms with Gasteiger partial charge in [-0.2, -0.15) is 0 Å². The topological polar surface area (TPSA) is 78.9 Å². The first-order chi connectivity index (χ1) is 33.0. The molecule has 1 atom stereocenters. The second-order valence-electron chi connectivity index (χ2n) is 16.3. The zero-order valence-corrected chi connectivity index (χ0v) is 42.1. The maximum absolute atomic E-state index is 12.8. The van der Waals surface area contributed by atoms with Crippen LogP contribution in [0.15, 0.2) is 170 Å². The Hall–Kier alpha value is -5.23. The molecule has 0 rings (SSSR count). The molecule has 0 aliphatic rings. The van der Waals surface area contributed by atoms with Gasteiger partial charge >= 0.3 is 17.9 Å². The Morgan fingerprint density at radius 2 is 0.537 bits per heavy atom. The first-order valence-electron chi connectivity index (χ1n) is 25.8. The van der Waals surface area contributed by atoms with Crippen LogP contribution in [0.2, 0.25) is 0 Å². The molecule has 1 unspecified atom stereocenters. The van der Waals surface area contributed by atoms with Crippen molar-refractivity contribution in [2.75, 3.05) is 13.2 Å². The minimum absolute atomic E-state index is 0.119. The van der Waals surface area contributed by atoms with Crippen molar-refractivity contribution in [3.63, 3.8) is 0 Å². The lowest BCUT2D eigenvalue weighted by molar-refractivity contribution is -0.167. The zero-order chi connectivity index (χ0) is 48.6. The van der Waals surface area contributed by atoms with Gasteiger partial charge in [0.1, 0.15) is 13.2 Å². The Kier molecular flexibility index (Phi) is 49.2. The largest absolute Gasteiger partial charge is 0.462 e. The van der Waals surface area contributed by atoms with Crippen molar-refractivity contribution in [3.05, 3.63) is 170 Å². The molecule has 0 spiro atoms. The number of allylic oxidation sites excluding steroid dienone is 28. The van der Waals surface area contributed by atoms with E-state index < -0.39 is 6.10 Å². The van der Waals surface area contributed by atoms with Crippen molar-refractivity contribution in [3.8, 4) is 0 Å². The summed E-state index contributed by atoms with van der Waals surface area (Å²) in [5, 5.41) is 0. The van der Waals surface area contributed by atoms with Crippen molar-refractivity contribution in [1.82, 2.24) is 0 Å². The van der Waals surface area contributed by atoms with Crippen LogP contribution in [0.25, 0.3) is 0 Å². The Morgan fingerprint density at radius 1 is 0.299 bits per heavy atom. The standard InChI is InChI=1S/C61H90O6/c1-4-7-10-13-16-19-22-25-28-29-30-31-34-36-39-42-45-48-51-54-60(63)66-57-58(67-61(64)55-52-49-46-43-40-37-33-27-24-21-18-15-12-9-6-3)56-65-59(62)53-50-47-44-41-38-35-32-26-23-20-17-14-11-8-5-2/h7-25,27-31,33-34,36,39,58H,4-6,26,32,35,37-38,40-57H2,1-3H3/b10-7-,11-8-,12-9-,16-13-,17-14-,18-15-,22-19-,23-20-,24-21-,28-25-,30-29+,33-27-,34-31-,39-36-. The van der Waals surface area contributed by atoms with Crippen LogP contribution < -0.4 is 0 Å². The third-order valence-electron chi connectivity index (χ3n) is 10.0. The van der Waals surface area contributed by atoms with E-state index in [1.54, 1.807) is 0 Å². The van der Waals surface area contributed by atoms with Gasteiger partial charge in [0.05, 0.1) is 0 Å². The van der Waals surface area contributed by atoms with Crippen molar-refractivity contribution in [2.45, 2.75) is 181 Å². The van der Waals surface area contributed by atoms with Crippen LogP contribution >= 0.6 is 0 Å². The van der Waals surface area contributed by atoms with Gasteiger partial charge in [-0.1, -0.05) is 249 Å². The van der Waals surface area contributed by atoms with Gasteiger partial charge < -0.3 is 14.2 Å². The monoisotopic (exact) mass is 919 g/mol. The summed E-state index contributed by atoms with van der Waals surface area (Å²) >= 11 is 0. The average molecular weight is 919 g/mol. The Bertz CT molecular complexity index is 1620. The third-order valence-corrected chi connectivity index (χ3v) is 10.0. The fourth-order valence-electron chi connectivity index (χ4n) is 6.26. The predicted molar refractivity (Wildman–Crippen MR) is 288 cm³/mol. The lowest BCUT2D eigenvalue weighted by atomic mass is 10.1. The minimum Gasteiger partial charge on any atom is -0.462 e. The van der Waals surface area contributed by atoms with Crippen molar-refractivity contribution < 1.29 is 28.6 Å². The van der Waals surface area contributed by atoms with Crippen LogP contribution in [-0.4, -0.2) is 37.2 Å². The minimum atomic E-state index is -0.824. The second kappa shape index (κ2) is 53.4. The zero-order valence-electron chi connectivity index (χ0n) is 42.1. The normalized spacial score (nSPS) is 13.5. The molecule has 0 radical (unpaired) electrons. The third kappa shape index (κ3) is 51.6. The van der Waals surface area contributed by atoms with Crippen LogP contribution in [0.1, 0.15) is 175 Å². The molecule has 0 saturated carbocycles. The molecule has 67 heavy (non-hydrogen) atoms.